The minimum atomic E-state index is 0.409. The summed E-state index contributed by atoms with van der Waals surface area (Å²) >= 11 is 0. The van der Waals surface area contributed by atoms with Crippen LogP contribution in [-0.4, -0.2) is 14.5 Å². The molecule has 0 saturated heterocycles. The van der Waals surface area contributed by atoms with E-state index in [0.29, 0.717) is 17.3 Å². The molecule has 1 aliphatic carbocycles. The second-order valence-corrected chi connectivity index (χ2v) is 5.20. The molecule has 2 aromatic heterocycles. The molecule has 2 heterocycles. The fourth-order valence-corrected chi connectivity index (χ4v) is 3.07. The third kappa shape index (κ3) is 1.60. The Kier molecular flexibility index (Phi) is 2.58. The normalized spacial score (nSPS) is 23.6. The van der Waals surface area contributed by atoms with Crippen LogP contribution < -0.4 is 5.49 Å². The molecule has 1 aliphatic rings. The van der Waals surface area contributed by atoms with Crippen molar-refractivity contribution < 1.29 is 0 Å². The van der Waals surface area contributed by atoms with E-state index in [-0.39, 0.29) is 0 Å². The van der Waals surface area contributed by atoms with Gasteiger partial charge in [0, 0.05) is 17.8 Å². The molecule has 0 aromatic carbocycles. The molecule has 0 unspecified atom stereocenters. The highest BCUT2D eigenvalue weighted by molar-refractivity contribution is 5.75. The standard InChI is InChI=1S/C14H18N4/c1-9-4-3-5-11(9)10(2)18-12-6-7-16-14(12)17-8-13(18)15/h6-9,11,15-16H,2-5H2,1H3/t9-,11+/m0/s1. The molecule has 0 amide bonds. The van der Waals surface area contributed by atoms with Gasteiger partial charge in [-0.2, -0.15) is 0 Å². The maximum atomic E-state index is 8.08. The number of hydrogen-bond donors (Lipinski definition) is 2. The summed E-state index contributed by atoms with van der Waals surface area (Å²) in [6.45, 7) is 6.53. The first-order valence-electron chi connectivity index (χ1n) is 6.47. The van der Waals surface area contributed by atoms with Gasteiger partial charge >= 0.3 is 0 Å². The lowest BCUT2D eigenvalue weighted by Gasteiger charge is -2.21. The van der Waals surface area contributed by atoms with Crippen molar-refractivity contribution in [2.75, 3.05) is 0 Å². The number of nitrogens with zero attached hydrogens (tertiary/aromatic N) is 2. The molecule has 2 aromatic rings. The zero-order valence-corrected chi connectivity index (χ0v) is 10.6. The van der Waals surface area contributed by atoms with Crippen molar-refractivity contribution in [3.63, 3.8) is 0 Å². The third-order valence-corrected chi connectivity index (χ3v) is 4.08. The highest BCUT2D eigenvalue weighted by Crippen LogP contribution is 2.37. The molecule has 2 N–H and O–H groups in total. The molecule has 0 spiro atoms. The van der Waals surface area contributed by atoms with Gasteiger partial charge in [0.05, 0.1) is 11.7 Å². The minimum absolute atomic E-state index is 0.409. The van der Waals surface area contributed by atoms with Crippen LogP contribution in [0.1, 0.15) is 26.2 Å². The van der Waals surface area contributed by atoms with Gasteiger partial charge in [-0.3, -0.25) is 9.98 Å². The van der Waals surface area contributed by atoms with Gasteiger partial charge in [0.2, 0.25) is 0 Å². The molecule has 4 nitrogen and oxygen atoms in total. The molecule has 2 atom stereocenters. The van der Waals surface area contributed by atoms with Gasteiger partial charge < -0.3 is 4.98 Å². The molecule has 4 heteroatoms. The maximum Gasteiger partial charge on any atom is 0.154 e. The van der Waals surface area contributed by atoms with Crippen LogP contribution in [0.2, 0.25) is 0 Å². The number of aromatic nitrogens is 3. The molecular formula is C14H18N4. The molecule has 0 aliphatic heterocycles. The number of fused-ring (bicyclic) bond motifs is 1. The van der Waals surface area contributed by atoms with Gasteiger partial charge in [-0.1, -0.05) is 26.3 Å². The molecule has 0 radical (unpaired) electrons. The van der Waals surface area contributed by atoms with Crippen molar-refractivity contribution in [3.8, 4) is 0 Å². The molecule has 3 rings (SSSR count). The number of allylic oxidation sites excluding steroid dienone is 1. The highest BCUT2D eigenvalue weighted by Gasteiger charge is 2.27. The molecule has 1 fully saturated rings. The number of H-pyrrole nitrogens is 1. The summed E-state index contributed by atoms with van der Waals surface area (Å²) in [7, 11) is 0. The predicted octanol–water partition coefficient (Wildman–Crippen LogP) is 2.75. The Morgan fingerprint density at radius 2 is 2.39 bits per heavy atom. The number of hydrogen-bond acceptors (Lipinski definition) is 2. The van der Waals surface area contributed by atoms with Gasteiger partial charge in [0.1, 0.15) is 5.49 Å². The Bertz CT molecular complexity index is 649. The zero-order chi connectivity index (χ0) is 12.7. The summed E-state index contributed by atoms with van der Waals surface area (Å²) in [6, 6.07) is 1.96. The first-order valence-corrected chi connectivity index (χ1v) is 6.47. The molecule has 94 valence electrons. The van der Waals surface area contributed by atoms with Crippen molar-refractivity contribution in [2.24, 2.45) is 11.8 Å². The van der Waals surface area contributed by atoms with Crippen LogP contribution in [0.15, 0.2) is 25.0 Å². The number of nitrogens with one attached hydrogen (secondary N) is 2. The van der Waals surface area contributed by atoms with Gasteiger partial charge in [0.15, 0.2) is 5.65 Å². The summed E-state index contributed by atoms with van der Waals surface area (Å²) in [5.74, 6) is 1.14. The lowest BCUT2D eigenvalue weighted by atomic mass is 9.95. The monoisotopic (exact) mass is 242 g/mol. The Morgan fingerprint density at radius 3 is 3.11 bits per heavy atom. The van der Waals surface area contributed by atoms with Crippen molar-refractivity contribution in [3.05, 3.63) is 30.5 Å². The van der Waals surface area contributed by atoms with Gasteiger partial charge in [-0.15, -0.1) is 0 Å². The highest BCUT2D eigenvalue weighted by atomic mass is 15.1. The average molecular weight is 242 g/mol. The molecule has 0 bridgehead atoms. The van der Waals surface area contributed by atoms with E-state index in [1.165, 1.54) is 19.3 Å². The summed E-state index contributed by atoms with van der Waals surface area (Å²) in [4.78, 5) is 7.31. The van der Waals surface area contributed by atoms with Crippen LogP contribution in [0.3, 0.4) is 0 Å². The quantitative estimate of drug-likeness (QED) is 0.835. The van der Waals surface area contributed by atoms with Crippen molar-refractivity contribution in [1.82, 2.24) is 14.5 Å². The van der Waals surface area contributed by atoms with Gasteiger partial charge in [-0.05, 0) is 18.4 Å². The largest absolute Gasteiger partial charge is 0.345 e. The van der Waals surface area contributed by atoms with Crippen LogP contribution in [0.25, 0.3) is 16.9 Å². The molecule has 1 saturated carbocycles. The lowest BCUT2D eigenvalue weighted by molar-refractivity contribution is 0.502. The van der Waals surface area contributed by atoms with Crippen LogP contribution in [-0.2, 0) is 0 Å². The van der Waals surface area contributed by atoms with Gasteiger partial charge in [0.25, 0.3) is 0 Å². The van der Waals surface area contributed by atoms with E-state index < -0.39 is 0 Å². The minimum Gasteiger partial charge on any atom is -0.345 e. The molecular weight excluding hydrogens is 224 g/mol. The van der Waals surface area contributed by atoms with Crippen molar-refractivity contribution in [2.45, 2.75) is 26.2 Å². The Morgan fingerprint density at radius 1 is 1.56 bits per heavy atom. The lowest BCUT2D eigenvalue weighted by Crippen LogP contribution is -2.23. The second-order valence-electron chi connectivity index (χ2n) is 5.20. The van der Waals surface area contributed by atoms with E-state index in [2.05, 4.69) is 23.5 Å². The Balaban J connectivity index is 2.13. The first-order chi connectivity index (χ1) is 8.68. The topological polar surface area (TPSA) is 57.5 Å². The fourth-order valence-electron chi connectivity index (χ4n) is 3.07. The summed E-state index contributed by atoms with van der Waals surface area (Å²) in [5, 5.41) is 8.08. The maximum absolute atomic E-state index is 8.08. The SMILES string of the molecule is C=C([C@@H]1CCC[C@@H]1C)n1c(=N)cnc2[nH]ccc21. The Labute approximate surface area is 106 Å². The van der Waals surface area contributed by atoms with Crippen LogP contribution in [0, 0.1) is 17.2 Å². The van der Waals surface area contributed by atoms with Crippen LogP contribution in [0.5, 0.6) is 0 Å². The van der Waals surface area contributed by atoms with Crippen molar-refractivity contribution >= 4 is 16.9 Å². The van der Waals surface area contributed by atoms with E-state index >= 15 is 0 Å². The summed E-state index contributed by atoms with van der Waals surface area (Å²) < 4.78 is 1.94. The van der Waals surface area contributed by atoms with Crippen molar-refractivity contribution in [1.29, 1.82) is 5.41 Å². The summed E-state index contributed by atoms with van der Waals surface area (Å²) in [6.07, 6.45) is 7.16. The number of rotatable bonds is 2. The van der Waals surface area contributed by atoms with E-state index in [1.54, 1.807) is 6.20 Å². The van der Waals surface area contributed by atoms with Crippen LogP contribution >= 0.6 is 0 Å². The van der Waals surface area contributed by atoms with E-state index in [0.717, 1.165) is 16.9 Å². The fraction of sp³-hybridized carbons (Fsp3) is 0.429. The Hall–Kier alpha value is -1.84. The average Bonchev–Trinajstić information content (AvgIpc) is 2.96. The van der Waals surface area contributed by atoms with E-state index in [4.69, 9.17) is 5.41 Å². The number of aromatic amines is 1. The molecule has 18 heavy (non-hydrogen) atoms. The third-order valence-electron chi connectivity index (χ3n) is 4.08. The zero-order valence-electron chi connectivity index (χ0n) is 10.6. The first kappa shape index (κ1) is 11.3. The van der Waals surface area contributed by atoms with Gasteiger partial charge in [-0.25, -0.2) is 4.98 Å². The van der Waals surface area contributed by atoms with E-state index in [1.807, 2.05) is 16.8 Å². The van der Waals surface area contributed by atoms with E-state index in [9.17, 15) is 0 Å². The van der Waals surface area contributed by atoms with Crippen LogP contribution in [0.4, 0.5) is 0 Å². The second kappa shape index (κ2) is 4.12. The summed E-state index contributed by atoms with van der Waals surface area (Å²) in [5.41, 5.74) is 3.22. The smallest absolute Gasteiger partial charge is 0.154 e. The predicted molar refractivity (Wildman–Crippen MR) is 71.8 cm³/mol.